The van der Waals surface area contributed by atoms with Gasteiger partial charge in [-0.1, -0.05) is 0 Å². The van der Waals surface area contributed by atoms with E-state index in [4.69, 9.17) is 0 Å². The fourth-order valence-electron chi connectivity index (χ4n) is 2.45. The molecule has 3 rings (SSSR count). The van der Waals surface area contributed by atoms with Gasteiger partial charge in [0.05, 0.1) is 17.6 Å². The van der Waals surface area contributed by atoms with E-state index in [0.717, 1.165) is 11.4 Å². The van der Waals surface area contributed by atoms with Crippen molar-refractivity contribution in [3.8, 4) is 5.82 Å². The number of nitrogens with one attached hydrogen (secondary N) is 2. The Morgan fingerprint density at radius 1 is 1.23 bits per heavy atom. The van der Waals surface area contributed by atoms with E-state index in [1.807, 2.05) is 25.3 Å². The molecule has 0 saturated heterocycles. The van der Waals surface area contributed by atoms with Crippen molar-refractivity contribution in [3.05, 3.63) is 58.2 Å². The van der Waals surface area contributed by atoms with Gasteiger partial charge in [0.15, 0.2) is 5.82 Å². The number of aromatic nitrogens is 3. The Balaban J connectivity index is 1.50. The van der Waals surface area contributed by atoms with E-state index in [9.17, 15) is 9.59 Å². The van der Waals surface area contributed by atoms with Crippen molar-refractivity contribution < 1.29 is 9.59 Å². The third-order valence-electron chi connectivity index (χ3n) is 3.68. The van der Waals surface area contributed by atoms with Gasteiger partial charge in [-0.05, 0) is 43.5 Å². The molecule has 0 fully saturated rings. The predicted octanol–water partition coefficient (Wildman–Crippen LogP) is 2.70. The first kappa shape index (κ1) is 17.8. The van der Waals surface area contributed by atoms with Crippen molar-refractivity contribution in [1.29, 1.82) is 0 Å². The average molecular weight is 369 g/mol. The molecule has 134 valence electrons. The van der Waals surface area contributed by atoms with Crippen molar-refractivity contribution in [2.75, 3.05) is 11.9 Å². The van der Waals surface area contributed by atoms with Gasteiger partial charge in [-0.25, -0.2) is 9.67 Å². The second-order valence-corrected chi connectivity index (χ2v) is 6.59. The van der Waals surface area contributed by atoms with Gasteiger partial charge in [0.1, 0.15) is 0 Å². The van der Waals surface area contributed by atoms with E-state index >= 15 is 0 Å². The third-order valence-corrected chi connectivity index (χ3v) is 4.36. The van der Waals surface area contributed by atoms with Gasteiger partial charge >= 0.3 is 0 Å². The normalized spacial score (nSPS) is 10.5. The molecule has 2 amide bonds. The van der Waals surface area contributed by atoms with Crippen molar-refractivity contribution in [2.45, 2.75) is 20.3 Å². The fourth-order valence-corrected chi connectivity index (χ4v) is 3.09. The van der Waals surface area contributed by atoms with E-state index in [0.29, 0.717) is 17.1 Å². The van der Waals surface area contributed by atoms with Crippen molar-refractivity contribution >= 4 is 28.8 Å². The standard InChI is InChI=1S/C18H19N5O2S/c1-12-9-13(2)23(22-12)16-4-3-15(10-20-16)21-17(24)5-7-19-18(25)14-6-8-26-11-14/h3-4,6,8-11H,5,7H2,1-2H3,(H,19,25)(H,21,24). The molecule has 2 N–H and O–H groups in total. The van der Waals surface area contributed by atoms with Gasteiger partial charge in [0.2, 0.25) is 5.91 Å². The minimum Gasteiger partial charge on any atom is -0.351 e. The smallest absolute Gasteiger partial charge is 0.252 e. The SMILES string of the molecule is Cc1cc(C)n(-c2ccc(NC(=O)CCNC(=O)c3ccsc3)cn2)n1. The molecule has 3 aromatic rings. The molecule has 0 aromatic carbocycles. The van der Waals surface area contributed by atoms with Crippen LogP contribution in [0.15, 0.2) is 41.2 Å². The van der Waals surface area contributed by atoms with Crippen LogP contribution in [0.1, 0.15) is 28.2 Å². The van der Waals surface area contributed by atoms with Gasteiger partial charge < -0.3 is 10.6 Å². The largest absolute Gasteiger partial charge is 0.351 e. The number of hydrogen-bond acceptors (Lipinski definition) is 5. The molecule has 0 bridgehead atoms. The average Bonchev–Trinajstić information content (AvgIpc) is 3.25. The van der Waals surface area contributed by atoms with Crippen LogP contribution in [0.25, 0.3) is 5.82 Å². The van der Waals surface area contributed by atoms with E-state index in [2.05, 4.69) is 20.7 Å². The lowest BCUT2D eigenvalue weighted by atomic mass is 10.3. The van der Waals surface area contributed by atoms with Crippen LogP contribution >= 0.6 is 11.3 Å². The summed E-state index contributed by atoms with van der Waals surface area (Å²) >= 11 is 1.46. The van der Waals surface area contributed by atoms with Crippen LogP contribution in [-0.4, -0.2) is 33.1 Å². The first-order valence-corrected chi connectivity index (χ1v) is 9.07. The summed E-state index contributed by atoms with van der Waals surface area (Å²) in [7, 11) is 0. The van der Waals surface area contributed by atoms with E-state index in [1.165, 1.54) is 11.3 Å². The van der Waals surface area contributed by atoms with Crippen LogP contribution < -0.4 is 10.6 Å². The fraction of sp³-hybridized carbons (Fsp3) is 0.222. The van der Waals surface area contributed by atoms with Gasteiger partial charge in [-0.15, -0.1) is 0 Å². The summed E-state index contributed by atoms with van der Waals surface area (Å²) in [6, 6.07) is 7.30. The maximum Gasteiger partial charge on any atom is 0.252 e. The van der Waals surface area contributed by atoms with Gasteiger partial charge in [0.25, 0.3) is 5.91 Å². The molecule has 7 nitrogen and oxygen atoms in total. The Morgan fingerprint density at radius 3 is 2.69 bits per heavy atom. The number of pyridine rings is 1. The van der Waals surface area contributed by atoms with Crippen LogP contribution in [0.5, 0.6) is 0 Å². The summed E-state index contributed by atoms with van der Waals surface area (Å²) in [4.78, 5) is 28.1. The van der Waals surface area contributed by atoms with Gasteiger partial charge in [-0.2, -0.15) is 16.4 Å². The van der Waals surface area contributed by atoms with Crippen LogP contribution in [-0.2, 0) is 4.79 Å². The number of aryl methyl sites for hydroxylation is 2. The Morgan fingerprint density at radius 2 is 2.08 bits per heavy atom. The number of carbonyl (C=O) groups excluding carboxylic acids is 2. The minimum atomic E-state index is -0.184. The molecule has 0 aliphatic rings. The number of amides is 2. The Kier molecular flexibility index (Phi) is 5.43. The molecule has 0 atom stereocenters. The number of carbonyl (C=O) groups is 2. The molecule has 0 radical (unpaired) electrons. The quantitative estimate of drug-likeness (QED) is 0.699. The molecule has 0 aliphatic heterocycles. The summed E-state index contributed by atoms with van der Waals surface area (Å²) in [6.07, 6.45) is 1.78. The lowest BCUT2D eigenvalue weighted by molar-refractivity contribution is -0.116. The lowest BCUT2D eigenvalue weighted by Gasteiger charge is -2.08. The molecule has 26 heavy (non-hydrogen) atoms. The first-order chi connectivity index (χ1) is 12.5. The van der Waals surface area contributed by atoms with E-state index < -0.39 is 0 Å². The van der Waals surface area contributed by atoms with E-state index in [1.54, 1.807) is 34.5 Å². The number of rotatable bonds is 6. The zero-order chi connectivity index (χ0) is 18.5. The summed E-state index contributed by atoms with van der Waals surface area (Å²) < 4.78 is 1.75. The van der Waals surface area contributed by atoms with E-state index in [-0.39, 0.29) is 24.8 Å². The maximum atomic E-state index is 12.0. The molecule has 3 aromatic heterocycles. The monoisotopic (exact) mass is 369 g/mol. The second kappa shape index (κ2) is 7.92. The molecule has 8 heteroatoms. The molecule has 0 aliphatic carbocycles. The van der Waals surface area contributed by atoms with Crippen molar-refractivity contribution in [1.82, 2.24) is 20.1 Å². The highest BCUT2D eigenvalue weighted by Crippen LogP contribution is 2.12. The lowest BCUT2D eigenvalue weighted by Crippen LogP contribution is -2.27. The third kappa shape index (κ3) is 4.34. The molecular formula is C18H19N5O2S. The molecular weight excluding hydrogens is 350 g/mol. The number of nitrogens with zero attached hydrogens (tertiary/aromatic N) is 3. The summed E-state index contributed by atoms with van der Waals surface area (Å²) in [5.41, 5.74) is 3.13. The first-order valence-electron chi connectivity index (χ1n) is 8.13. The number of hydrogen-bond donors (Lipinski definition) is 2. The Hall–Kier alpha value is -3.00. The topological polar surface area (TPSA) is 88.9 Å². The molecule has 0 spiro atoms. The van der Waals surface area contributed by atoms with Gasteiger partial charge in [0, 0.05) is 29.6 Å². The summed E-state index contributed by atoms with van der Waals surface area (Å²) in [6.45, 7) is 4.16. The predicted molar refractivity (Wildman–Crippen MR) is 101 cm³/mol. The minimum absolute atomic E-state index is 0.171. The van der Waals surface area contributed by atoms with Crippen molar-refractivity contribution in [2.24, 2.45) is 0 Å². The molecule has 3 heterocycles. The zero-order valence-corrected chi connectivity index (χ0v) is 15.3. The highest BCUT2D eigenvalue weighted by molar-refractivity contribution is 7.08. The van der Waals surface area contributed by atoms with Crippen LogP contribution in [0.4, 0.5) is 5.69 Å². The van der Waals surface area contributed by atoms with Gasteiger partial charge in [-0.3, -0.25) is 9.59 Å². The van der Waals surface area contributed by atoms with Crippen LogP contribution in [0, 0.1) is 13.8 Å². The maximum absolute atomic E-state index is 12.0. The Bertz CT molecular complexity index is 900. The van der Waals surface area contributed by atoms with Crippen LogP contribution in [0.2, 0.25) is 0 Å². The molecule has 0 saturated carbocycles. The second-order valence-electron chi connectivity index (χ2n) is 5.81. The number of anilines is 1. The Labute approximate surface area is 155 Å². The summed E-state index contributed by atoms with van der Waals surface area (Å²) in [5, 5.41) is 13.5. The zero-order valence-electron chi connectivity index (χ0n) is 14.5. The number of thiophene rings is 1. The molecule has 0 unspecified atom stereocenters. The summed E-state index contributed by atoms with van der Waals surface area (Å²) in [5.74, 6) is 0.336. The van der Waals surface area contributed by atoms with Crippen LogP contribution in [0.3, 0.4) is 0 Å². The van der Waals surface area contributed by atoms with Crippen molar-refractivity contribution in [3.63, 3.8) is 0 Å². The highest BCUT2D eigenvalue weighted by atomic mass is 32.1. The highest BCUT2D eigenvalue weighted by Gasteiger charge is 2.08.